The fraction of sp³-hybridized carbons (Fsp3) is 0.278. The molecule has 2 heterocycles. The Bertz CT molecular complexity index is 675. The number of nitrogens with zero attached hydrogens (tertiary/aromatic N) is 2. The fourth-order valence-corrected chi connectivity index (χ4v) is 3.64. The van der Waals surface area contributed by atoms with Crippen molar-refractivity contribution in [3.8, 4) is 0 Å². The minimum Gasteiger partial charge on any atom is -0.370 e. The molecule has 2 nitrogen and oxygen atoms in total. The van der Waals surface area contributed by atoms with E-state index < -0.39 is 0 Å². The van der Waals surface area contributed by atoms with Crippen LogP contribution in [0.5, 0.6) is 0 Å². The third kappa shape index (κ3) is 1.54. The maximum absolute atomic E-state index is 4.81. The van der Waals surface area contributed by atoms with E-state index in [-0.39, 0.29) is 5.41 Å². The highest BCUT2D eigenvalue weighted by Crippen LogP contribution is 2.46. The molecule has 1 fully saturated rings. The van der Waals surface area contributed by atoms with Crippen LogP contribution < -0.4 is 4.90 Å². The average molecular weight is 262 g/mol. The van der Waals surface area contributed by atoms with Gasteiger partial charge >= 0.3 is 0 Å². The lowest BCUT2D eigenvalue weighted by Crippen LogP contribution is -2.35. The van der Waals surface area contributed by atoms with E-state index in [0.717, 1.165) is 19.5 Å². The second-order valence-electron chi connectivity index (χ2n) is 5.80. The van der Waals surface area contributed by atoms with Crippen LogP contribution in [0.3, 0.4) is 0 Å². The summed E-state index contributed by atoms with van der Waals surface area (Å²) in [6.45, 7) is 4.34. The molecule has 20 heavy (non-hydrogen) atoms. The van der Waals surface area contributed by atoms with Crippen LogP contribution in [-0.4, -0.2) is 18.8 Å². The standard InChI is InChI=1S/C18H18N2/c1-14-18(16-9-5-6-10-17(16)19-14)11-12-20(13-18)15-7-3-2-4-8-15/h2-10H,11-13H2,1H3. The van der Waals surface area contributed by atoms with Gasteiger partial charge in [0.1, 0.15) is 0 Å². The molecule has 0 N–H and O–H groups in total. The Balaban J connectivity index is 1.73. The molecule has 0 aromatic heterocycles. The molecule has 0 radical (unpaired) electrons. The average Bonchev–Trinajstić information content (AvgIpc) is 3.05. The summed E-state index contributed by atoms with van der Waals surface area (Å²) in [7, 11) is 0. The molecule has 100 valence electrons. The Morgan fingerprint density at radius 1 is 1.00 bits per heavy atom. The summed E-state index contributed by atoms with van der Waals surface area (Å²) in [6.07, 6.45) is 1.16. The fourth-order valence-electron chi connectivity index (χ4n) is 3.64. The quantitative estimate of drug-likeness (QED) is 0.760. The molecule has 1 atom stereocenters. The van der Waals surface area contributed by atoms with Crippen molar-refractivity contribution in [3.63, 3.8) is 0 Å². The molecule has 1 spiro atoms. The van der Waals surface area contributed by atoms with Crippen molar-refractivity contribution in [3.05, 3.63) is 60.2 Å². The van der Waals surface area contributed by atoms with Crippen LogP contribution in [0, 0.1) is 0 Å². The lowest BCUT2D eigenvalue weighted by molar-refractivity contribution is 0.657. The largest absolute Gasteiger partial charge is 0.370 e. The lowest BCUT2D eigenvalue weighted by atomic mass is 9.77. The van der Waals surface area contributed by atoms with Crippen molar-refractivity contribution in [2.75, 3.05) is 18.0 Å². The summed E-state index contributed by atoms with van der Waals surface area (Å²) in [5.74, 6) is 0. The first-order valence-electron chi connectivity index (χ1n) is 7.25. The van der Waals surface area contributed by atoms with Crippen LogP contribution in [0.2, 0.25) is 0 Å². The molecule has 2 aromatic carbocycles. The maximum Gasteiger partial charge on any atom is 0.0671 e. The van der Waals surface area contributed by atoms with Gasteiger partial charge in [0.25, 0.3) is 0 Å². The van der Waals surface area contributed by atoms with Crippen LogP contribution in [0.1, 0.15) is 18.9 Å². The molecule has 1 unspecified atom stereocenters. The number of para-hydroxylation sites is 2. The zero-order valence-corrected chi connectivity index (χ0v) is 11.7. The maximum atomic E-state index is 4.81. The Morgan fingerprint density at radius 2 is 1.75 bits per heavy atom. The number of benzene rings is 2. The number of hydrogen-bond donors (Lipinski definition) is 0. The zero-order valence-electron chi connectivity index (χ0n) is 11.7. The third-order valence-corrected chi connectivity index (χ3v) is 4.79. The van der Waals surface area contributed by atoms with Gasteiger partial charge in [0.2, 0.25) is 0 Å². The van der Waals surface area contributed by atoms with Gasteiger partial charge in [0.05, 0.1) is 11.1 Å². The molecule has 2 heteroatoms. The van der Waals surface area contributed by atoms with Crippen molar-refractivity contribution in [2.24, 2.45) is 4.99 Å². The molecule has 2 aliphatic heterocycles. The van der Waals surface area contributed by atoms with E-state index in [2.05, 4.69) is 66.4 Å². The highest BCUT2D eigenvalue weighted by molar-refractivity contribution is 6.01. The summed E-state index contributed by atoms with van der Waals surface area (Å²) >= 11 is 0. The van der Waals surface area contributed by atoms with Crippen LogP contribution in [-0.2, 0) is 5.41 Å². The predicted octanol–water partition coefficient (Wildman–Crippen LogP) is 3.94. The van der Waals surface area contributed by atoms with E-state index in [1.165, 1.54) is 22.6 Å². The van der Waals surface area contributed by atoms with Crippen LogP contribution in [0.15, 0.2) is 59.6 Å². The summed E-state index contributed by atoms with van der Waals surface area (Å²) in [5, 5.41) is 0. The highest BCUT2D eigenvalue weighted by atomic mass is 15.2. The topological polar surface area (TPSA) is 15.6 Å². The van der Waals surface area contributed by atoms with Gasteiger partial charge in [-0.15, -0.1) is 0 Å². The zero-order chi connectivity index (χ0) is 13.6. The Hall–Kier alpha value is -2.09. The van der Waals surface area contributed by atoms with Crippen molar-refractivity contribution < 1.29 is 0 Å². The first-order chi connectivity index (χ1) is 9.79. The molecular formula is C18H18N2. The summed E-state index contributed by atoms with van der Waals surface area (Å²) in [6, 6.07) is 19.3. The van der Waals surface area contributed by atoms with Crippen molar-refractivity contribution in [2.45, 2.75) is 18.8 Å². The normalized spacial score (nSPS) is 24.1. The molecule has 0 bridgehead atoms. The molecular weight excluding hydrogens is 244 g/mol. The number of aliphatic imine (C=N–C) groups is 1. The number of anilines is 1. The second kappa shape index (κ2) is 4.20. The van der Waals surface area contributed by atoms with E-state index >= 15 is 0 Å². The number of fused-ring (bicyclic) bond motifs is 2. The lowest BCUT2D eigenvalue weighted by Gasteiger charge is -2.27. The molecule has 2 aromatic rings. The first-order valence-corrected chi connectivity index (χ1v) is 7.25. The molecule has 0 aliphatic carbocycles. The van der Waals surface area contributed by atoms with Crippen LogP contribution >= 0.6 is 0 Å². The molecule has 1 saturated heterocycles. The minimum atomic E-state index is 0.131. The molecule has 0 amide bonds. The minimum absolute atomic E-state index is 0.131. The van der Waals surface area contributed by atoms with Gasteiger partial charge in [-0.1, -0.05) is 36.4 Å². The first kappa shape index (κ1) is 11.7. The van der Waals surface area contributed by atoms with E-state index in [9.17, 15) is 0 Å². The van der Waals surface area contributed by atoms with Gasteiger partial charge in [0, 0.05) is 24.5 Å². The second-order valence-corrected chi connectivity index (χ2v) is 5.80. The van der Waals surface area contributed by atoms with Crippen molar-refractivity contribution >= 4 is 17.1 Å². The van der Waals surface area contributed by atoms with Gasteiger partial charge in [-0.05, 0) is 37.1 Å². The smallest absolute Gasteiger partial charge is 0.0671 e. The highest BCUT2D eigenvalue weighted by Gasteiger charge is 2.46. The van der Waals surface area contributed by atoms with E-state index in [4.69, 9.17) is 4.99 Å². The predicted molar refractivity (Wildman–Crippen MR) is 84.2 cm³/mol. The van der Waals surface area contributed by atoms with Gasteiger partial charge in [-0.2, -0.15) is 0 Å². The summed E-state index contributed by atoms with van der Waals surface area (Å²) in [4.78, 5) is 7.29. The van der Waals surface area contributed by atoms with Gasteiger partial charge in [-0.25, -0.2) is 0 Å². The van der Waals surface area contributed by atoms with E-state index in [0.29, 0.717) is 0 Å². The van der Waals surface area contributed by atoms with Gasteiger partial charge in [-0.3, -0.25) is 4.99 Å². The van der Waals surface area contributed by atoms with Gasteiger partial charge in [0.15, 0.2) is 0 Å². The number of rotatable bonds is 1. The van der Waals surface area contributed by atoms with E-state index in [1.54, 1.807) is 0 Å². The summed E-state index contributed by atoms with van der Waals surface area (Å²) in [5.41, 5.74) is 5.31. The summed E-state index contributed by atoms with van der Waals surface area (Å²) < 4.78 is 0. The van der Waals surface area contributed by atoms with Crippen molar-refractivity contribution in [1.29, 1.82) is 0 Å². The molecule has 2 aliphatic rings. The van der Waals surface area contributed by atoms with Crippen molar-refractivity contribution in [1.82, 2.24) is 0 Å². The van der Waals surface area contributed by atoms with E-state index in [1.807, 2.05) is 0 Å². The van der Waals surface area contributed by atoms with Crippen LogP contribution in [0.4, 0.5) is 11.4 Å². The van der Waals surface area contributed by atoms with Gasteiger partial charge < -0.3 is 4.90 Å². The Kier molecular flexibility index (Phi) is 2.46. The molecule has 4 rings (SSSR count). The Labute approximate surface area is 119 Å². The van der Waals surface area contributed by atoms with Crippen LogP contribution in [0.25, 0.3) is 0 Å². The SMILES string of the molecule is CC1=Nc2ccccc2C12CCN(c1ccccc1)C2. The monoisotopic (exact) mass is 262 g/mol. The third-order valence-electron chi connectivity index (χ3n) is 4.79. The number of hydrogen-bond acceptors (Lipinski definition) is 2. The molecule has 0 saturated carbocycles. The Morgan fingerprint density at radius 3 is 2.60 bits per heavy atom.